The van der Waals surface area contributed by atoms with Crippen molar-refractivity contribution < 1.29 is 28.3 Å². The molecule has 35 heavy (non-hydrogen) atoms. The highest BCUT2D eigenvalue weighted by Gasteiger charge is 2.40. The Morgan fingerprint density at radius 3 is 2.40 bits per heavy atom. The Hall–Kier alpha value is -4.06. The molecule has 3 amide bonds. The molecule has 0 saturated heterocycles. The third-order valence-corrected chi connectivity index (χ3v) is 5.69. The predicted molar refractivity (Wildman–Crippen MR) is 131 cm³/mol. The highest BCUT2D eigenvalue weighted by Crippen LogP contribution is 2.40. The van der Waals surface area contributed by atoms with Crippen LogP contribution in [0.4, 0.5) is 11.4 Å². The number of amides is 3. The number of hydrogen-bond donors (Lipinski definition) is 3. The standard InChI is InChI=1S/C23H27N5O6S/c1-23(2,3)26-21(30)18(14-7-6-10-34-14)28(13-9-8-12(32-4)11-15(13)33-5)22(31)19-16(24)17(20(25)29)27-35-19/h6-11,18H,24H2,1-5H3,(H2,25,29)(H,26,30). The first-order valence-electron chi connectivity index (χ1n) is 10.4. The van der Waals surface area contributed by atoms with Gasteiger partial charge in [0.25, 0.3) is 17.7 Å². The fourth-order valence-corrected chi connectivity index (χ4v) is 4.09. The summed E-state index contributed by atoms with van der Waals surface area (Å²) in [6.45, 7) is 5.43. The second kappa shape index (κ2) is 10.1. The maximum atomic E-state index is 14.0. The minimum absolute atomic E-state index is 0.0724. The van der Waals surface area contributed by atoms with Gasteiger partial charge in [-0.05, 0) is 56.6 Å². The number of nitrogens with two attached hydrogens (primary N) is 2. The van der Waals surface area contributed by atoms with E-state index < -0.39 is 29.3 Å². The smallest absolute Gasteiger partial charge is 0.273 e. The normalized spacial score (nSPS) is 12.0. The second-order valence-corrected chi connectivity index (χ2v) is 9.28. The van der Waals surface area contributed by atoms with E-state index in [1.807, 2.05) is 20.8 Å². The number of nitrogens with zero attached hydrogens (tertiary/aromatic N) is 2. The highest BCUT2D eigenvalue weighted by atomic mass is 32.1. The van der Waals surface area contributed by atoms with Gasteiger partial charge in [0.2, 0.25) is 0 Å². The number of methoxy groups -OCH3 is 2. The van der Waals surface area contributed by atoms with Crippen molar-refractivity contribution >= 4 is 40.6 Å². The number of carbonyl (C=O) groups is 3. The van der Waals surface area contributed by atoms with Crippen molar-refractivity contribution in [1.29, 1.82) is 0 Å². The summed E-state index contributed by atoms with van der Waals surface area (Å²) in [6.07, 6.45) is 1.40. The number of primary amides is 1. The van der Waals surface area contributed by atoms with E-state index in [1.54, 1.807) is 30.3 Å². The molecule has 0 radical (unpaired) electrons. The van der Waals surface area contributed by atoms with Gasteiger partial charge in [-0.2, -0.15) is 4.37 Å². The number of rotatable bonds is 8. The van der Waals surface area contributed by atoms with Gasteiger partial charge in [0.15, 0.2) is 11.7 Å². The zero-order valence-corrected chi connectivity index (χ0v) is 20.8. The number of ether oxygens (including phenoxy) is 2. The highest BCUT2D eigenvalue weighted by molar-refractivity contribution is 7.09. The van der Waals surface area contributed by atoms with Crippen molar-refractivity contribution in [2.45, 2.75) is 32.4 Å². The van der Waals surface area contributed by atoms with Gasteiger partial charge in [-0.3, -0.25) is 19.3 Å². The number of nitrogen functional groups attached to an aromatic ring is 1. The lowest BCUT2D eigenvalue weighted by Crippen LogP contribution is -2.49. The van der Waals surface area contributed by atoms with Crippen LogP contribution in [0.3, 0.4) is 0 Å². The van der Waals surface area contributed by atoms with E-state index in [2.05, 4.69) is 9.69 Å². The van der Waals surface area contributed by atoms with Crippen molar-refractivity contribution in [2.75, 3.05) is 24.9 Å². The molecule has 0 saturated carbocycles. The molecule has 11 nitrogen and oxygen atoms in total. The molecule has 2 aromatic heterocycles. The molecule has 1 unspecified atom stereocenters. The number of furan rings is 1. The van der Waals surface area contributed by atoms with Crippen LogP contribution in [0, 0.1) is 0 Å². The third kappa shape index (κ3) is 5.38. The number of carbonyl (C=O) groups excluding carboxylic acids is 3. The molecule has 0 bridgehead atoms. The van der Waals surface area contributed by atoms with Gasteiger partial charge in [-0.1, -0.05) is 0 Å². The Bertz CT molecular complexity index is 1230. The Kier molecular flexibility index (Phi) is 7.34. The first-order valence-corrected chi connectivity index (χ1v) is 11.2. The molecular weight excluding hydrogens is 474 g/mol. The van der Waals surface area contributed by atoms with E-state index in [0.29, 0.717) is 17.3 Å². The molecule has 0 spiro atoms. The van der Waals surface area contributed by atoms with E-state index in [-0.39, 0.29) is 33.5 Å². The lowest BCUT2D eigenvalue weighted by atomic mass is 10.0. The predicted octanol–water partition coefficient (Wildman–Crippen LogP) is 2.74. The molecule has 0 aliphatic heterocycles. The largest absolute Gasteiger partial charge is 0.497 e. The fourth-order valence-electron chi connectivity index (χ4n) is 3.35. The molecule has 186 valence electrons. The van der Waals surface area contributed by atoms with E-state index in [9.17, 15) is 14.4 Å². The Balaban J connectivity index is 2.27. The van der Waals surface area contributed by atoms with Crippen molar-refractivity contribution in [2.24, 2.45) is 5.73 Å². The number of nitrogens with one attached hydrogen (secondary N) is 1. The van der Waals surface area contributed by atoms with Crippen molar-refractivity contribution in [1.82, 2.24) is 9.69 Å². The summed E-state index contributed by atoms with van der Waals surface area (Å²) >= 11 is 0.701. The van der Waals surface area contributed by atoms with E-state index in [0.717, 1.165) is 0 Å². The first kappa shape index (κ1) is 25.6. The summed E-state index contributed by atoms with van der Waals surface area (Å²) in [5.41, 5.74) is 10.6. The molecule has 1 aromatic carbocycles. The molecule has 0 aliphatic rings. The van der Waals surface area contributed by atoms with Crippen LogP contribution in [0.15, 0.2) is 41.0 Å². The zero-order valence-electron chi connectivity index (χ0n) is 19.9. The summed E-state index contributed by atoms with van der Waals surface area (Å²) in [6, 6.07) is 6.67. The van der Waals surface area contributed by atoms with Gasteiger partial charge in [0.05, 0.1) is 31.9 Å². The molecule has 5 N–H and O–H groups in total. The summed E-state index contributed by atoms with van der Waals surface area (Å²) in [4.78, 5) is 40.4. The molecule has 12 heteroatoms. The topological polar surface area (TPSA) is 163 Å². The van der Waals surface area contributed by atoms with Crippen LogP contribution in [0.2, 0.25) is 0 Å². The van der Waals surface area contributed by atoms with E-state index in [1.165, 1.54) is 25.4 Å². The minimum atomic E-state index is -1.27. The number of hydrogen-bond acceptors (Lipinski definition) is 9. The average Bonchev–Trinajstić information content (AvgIpc) is 3.45. The first-order chi connectivity index (χ1) is 16.5. The van der Waals surface area contributed by atoms with Crippen LogP contribution in [0.5, 0.6) is 11.5 Å². The van der Waals surface area contributed by atoms with E-state index >= 15 is 0 Å². The van der Waals surface area contributed by atoms with Crippen molar-refractivity contribution in [3.05, 3.63) is 52.9 Å². The molecular formula is C23H27N5O6S. The molecule has 1 atom stereocenters. The maximum absolute atomic E-state index is 14.0. The fraction of sp³-hybridized carbons (Fsp3) is 0.304. The summed E-state index contributed by atoms with van der Waals surface area (Å²) in [5, 5.41) is 2.89. The van der Waals surface area contributed by atoms with Crippen molar-refractivity contribution in [3.63, 3.8) is 0 Å². The van der Waals surface area contributed by atoms with Crippen LogP contribution >= 0.6 is 11.5 Å². The molecule has 0 fully saturated rings. The summed E-state index contributed by atoms with van der Waals surface area (Å²) < 4.78 is 20.3. The Morgan fingerprint density at radius 2 is 1.89 bits per heavy atom. The van der Waals surface area contributed by atoms with Crippen LogP contribution in [-0.4, -0.2) is 41.9 Å². The van der Waals surface area contributed by atoms with Crippen molar-refractivity contribution in [3.8, 4) is 11.5 Å². The lowest BCUT2D eigenvalue weighted by Gasteiger charge is -2.33. The third-order valence-electron chi connectivity index (χ3n) is 4.84. The quantitative estimate of drug-likeness (QED) is 0.424. The summed E-state index contributed by atoms with van der Waals surface area (Å²) in [7, 11) is 2.91. The minimum Gasteiger partial charge on any atom is -0.497 e. The van der Waals surface area contributed by atoms with Gasteiger partial charge in [-0.15, -0.1) is 0 Å². The Morgan fingerprint density at radius 1 is 1.17 bits per heavy atom. The molecule has 3 aromatic rings. The second-order valence-electron chi connectivity index (χ2n) is 8.51. The number of aromatic nitrogens is 1. The van der Waals surface area contributed by atoms with Gasteiger partial charge >= 0.3 is 0 Å². The van der Waals surface area contributed by atoms with Gasteiger partial charge in [0, 0.05) is 11.6 Å². The SMILES string of the molecule is COc1ccc(N(C(=O)c2snc(C(N)=O)c2N)C(C(=O)NC(C)(C)C)c2ccco2)c(OC)c1. The van der Waals surface area contributed by atoms with Crippen LogP contribution < -0.4 is 31.2 Å². The zero-order chi connectivity index (χ0) is 25.9. The molecule has 3 rings (SSSR count). The summed E-state index contributed by atoms with van der Waals surface area (Å²) in [5.74, 6) is -1.19. The lowest BCUT2D eigenvalue weighted by molar-refractivity contribution is -0.124. The van der Waals surface area contributed by atoms with Gasteiger partial charge in [-0.25, -0.2) is 0 Å². The molecule has 2 heterocycles. The van der Waals surface area contributed by atoms with Crippen LogP contribution in [-0.2, 0) is 4.79 Å². The van der Waals surface area contributed by atoms with E-state index in [4.69, 9.17) is 25.4 Å². The van der Waals surface area contributed by atoms with Crippen LogP contribution in [0.25, 0.3) is 0 Å². The molecule has 0 aliphatic carbocycles. The monoisotopic (exact) mass is 501 g/mol. The average molecular weight is 502 g/mol. The maximum Gasteiger partial charge on any atom is 0.273 e. The van der Waals surface area contributed by atoms with Gasteiger partial charge < -0.3 is 30.7 Å². The van der Waals surface area contributed by atoms with Crippen LogP contribution in [0.1, 0.15) is 52.7 Å². The number of benzene rings is 1. The Labute approximate surface area is 206 Å². The van der Waals surface area contributed by atoms with Gasteiger partial charge in [0.1, 0.15) is 22.1 Å². The number of anilines is 2.